The average Bonchev–Trinajstić information content (AvgIpc) is 2.33. The summed E-state index contributed by atoms with van der Waals surface area (Å²) in [5.41, 5.74) is 5.96. The third-order valence-electron chi connectivity index (χ3n) is 2.96. The molecule has 1 aliphatic heterocycles. The maximum atomic E-state index is 5.96. The maximum Gasteiger partial charge on any atom is 0.191 e. The molecule has 1 rings (SSSR count). The Balaban J connectivity index is 2.17. The van der Waals surface area contributed by atoms with E-state index in [-0.39, 0.29) is 0 Å². The first-order valence-electron chi connectivity index (χ1n) is 6.47. The zero-order chi connectivity index (χ0) is 12.5. The topological polar surface area (TPSA) is 50.9 Å². The van der Waals surface area contributed by atoms with Gasteiger partial charge < -0.3 is 15.4 Å². The highest BCUT2D eigenvalue weighted by Gasteiger charge is 2.17. The molecule has 0 bridgehead atoms. The molecule has 1 heterocycles. The SMILES string of the molecule is C=CCCOCCN=C(N)N1CCC[C@H](C)C1. The quantitative estimate of drug-likeness (QED) is 0.332. The molecular weight excluding hydrogens is 214 g/mol. The minimum Gasteiger partial charge on any atom is -0.379 e. The summed E-state index contributed by atoms with van der Waals surface area (Å²) in [6.07, 6.45) is 5.26. The minimum atomic E-state index is 0.637. The van der Waals surface area contributed by atoms with E-state index in [4.69, 9.17) is 10.5 Å². The van der Waals surface area contributed by atoms with Gasteiger partial charge in [0.15, 0.2) is 5.96 Å². The monoisotopic (exact) mass is 239 g/mol. The molecule has 1 atom stereocenters. The van der Waals surface area contributed by atoms with Gasteiger partial charge in [-0.3, -0.25) is 4.99 Å². The van der Waals surface area contributed by atoms with E-state index in [1.54, 1.807) is 0 Å². The van der Waals surface area contributed by atoms with Crippen molar-refractivity contribution in [1.82, 2.24) is 4.90 Å². The fourth-order valence-electron chi connectivity index (χ4n) is 1.99. The standard InChI is InChI=1S/C13H25N3O/c1-3-4-9-17-10-7-15-13(14)16-8-5-6-12(2)11-16/h3,12H,1,4-11H2,2H3,(H2,14,15)/t12-/m0/s1. The van der Waals surface area contributed by atoms with Gasteiger partial charge in [-0.05, 0) is 25.2 Å². The molecule has 0 unspecified atom stereocenters. The third kappa shape index (κ3) is 5.73. The van der Waals surface area contributed by atoms with Crippen LogP contribution in [-0.4, -0.2) is 43.7 Å². The molecule has 17 heavy (non-hydrogen) atoms. The molecule has 2 N–H and O–H groups in total. The van der Waals surface area contributed by atoms with E-state index < -0.39 is 0 Å². The Kier molecular flexibility index (Phi) is 6.70. The normalized spacial score (nSPS) is 21.6. The van der Waals surface area contributed by atoms with E-state index in [0.717, 1.165) is 32.0 Å². The first-order valence-corrected chi connectivity index (χ1v) is 6.47. The molecule has 98 valence electrons. The van der Waals surface area contributed by atoms with Gasteiger partial charge in [-0.2, -0.15) is 0 Å². The van der Waals surface area contributed by atoms with E-state index >= 15 is 0 Å². The first-order chi connectivity index (χ1) is 8.24. The van der Waals surface area contributed by atoms with Gasteiger partial charge in [-0.15, -0.1) is 6.58 Å². The summed E-state index contributed by atoms with van der Waals surface area (Å²) in [7, 11) is 0. The van der Waals surface area contributed by atoms with Crippen LogP contribution in [0.4, 0.5) is 0 Å². The van der Waals surface area contributed by atoms with Crippen molar-refractivity contribution in [3.8, 4) is 0 Å². The number of nitrogens with two attached hydrogens (primary N) is 1. The molecule has 0 spiro atoms. The number of nitrogens with zero attached hydrogens (tertiary/aromatic N) is 2. The van der Waals surface area contributed by atoms with Crippen molar-refractivity contribution in [3.63, 3.8) is 0 Å². The Morgan fingerprint density at radius 3 is 3.12 bits per heavy atom. The van der Waals surface area contributed by atoms with Gasteiger partial charge in [0, 0.05) is 13.1 Å². The Bertz CT molecular complexity index is 253. The van der Waals surface area contributed by atoms with Gasteiger partial charge in [0.25, 0.3) is 0 Å². The van der Waals surface area contributed by atoms with Gasteiger partial charge in [0.1, 0.15) is 0 Å². The van der Waals surface area contributed by atoms with Gasteiger partial charge in [0.05, 0.1) is 19.8 Å². The second-order valence-corrected chi connectivity index (χ2v) is 4.62. The van der Waals surface area contributed by atoms with Crippen molar-refractivity contribution in [2.24, 2.45) is 16.6 Å². The summed E-state index contributed by atoms with van der Waals surface area (Å²) in [4.78, 5) is 6.53. The fraction of sp³-hybridized carbons (Fsp3) is 0.769. The number of hydrogen-bond donors (Lipinski definition) is 1. The van der Waals surface area contributed by atoms with Crippen molar-refractivity contribution in [2.75, 3.05) is 32.8 Å². The van der Waals surface area contributed by atoms with Crippen molar-refractivity contribution < 1.29 is 4.74 Å². The van der Waals surface area contributed by atoms with Crippen LogP contribution in [0.3, 0.4) is 0 Å². The number of likely N-dealkylation sites (tertiary alicyclic amines) is 1. The second-order valence-electron chi connectivity index (χ2n) is 4.62. The van der Waals surface area contributed by atoms with Crippen molar-refractivity contribution in [1.29, 1.82) is 0 Å². The Labute approximate surface area is 105 Å². The maximum absolute atomic E-state index is 5.96. The number of guanidine groups is 1. The molecule has 0 aromatic carbocycles. The van der Waals surface area contributed by atoms with E-state index in [9.17, 15) is 0 Å². The van der Waals surface area contributed by atoms with E-state index in [0.29, 0.717) is 19.1 Å². The van der Waals surface area contributed by atoms with Crippen LogP contribution in [0.2, 0.25) is 0 Å². The largest absolute Gasteiger partial charge is 0.379 e. The molecular formula is C13H25N3O. The summed E-state index contributed by atoms with van der Waals surface area (Å²) in [6, 6.07) is 0. The molecule has 0 aromatic rings. The Morgan fingerprint density at radius 1 is 1.59 bits per heavy atom. The molecule has 0 radical (unpaired) electrons. The van der Waals surface area contributed by atoms with Crippen molar-refractivity contribution in [3.05, 3.63) is 12.7 Å². The zero-order valence-corrected chi connectivity index (χ0v) is 10.9. The minimum absolute atomic E-state index is 0.637. The summed E-state index contributed by atoms with van der Waals surface area (Å²) in [5, 5.41) is 0. The molecule has 0 aliphatic carbocycles. The predicted molar refractivity (Wildman–Crippen MR) is 72.1 cm³/mol. The van der Waals surface area contributed by atoms with Crippen LogP contribution in [0.1, 0.15) is 26.2 Å². The molecule has 1 aliphatic rings. The lowest BCUT2D eigenvalue weighted by Crippen LogP contribution is -2.43. The Hall–Kier alpha value is -1.03. The smallest absolute Gasteiger partial charge is 0.191 e. The summed E-state index contributed by atoms with van der Waals surface area (Å²) in [5.74, 6) is 1.39. The van der Waals surface area contributed by atoms with Gasteiger partial charge >= 0.3 is 0 Å². The number of rotatable bonds is 6. The third-order valence-corrected chi connectivity index (χ3v) is 2.96. The lowest BCUT2D eigenvalue weighted by molar-refractivity contribution is 0.146. The fourth-order valence-corrected chi connectivity index (χ4v) is 1.99. The molecule has 1 fully saturated rings. The van der Waals surface area contributed by atoms with Crippen molar-refractivity contribution in [2.45, 2.75) is 26.2 Å². The first kappa shape index (κ1) is 14.0. The molecule has 1 saturated heterocycles. The van der Waals surface area contributed by atoms with Crippen LogP contribution >= 0.6 is 0 Å². The van der Waals surface area contributed by atoms with E-state index in [1.165, 1.54) is 12.8 Å². The summed E-state index contributed by atoms with van der Waals surface area (Å²) in [6.45, 7) is 9.98. The lowest BCUT2D eigenvalue weighted by atomic mass is 10.0. The number of ether oxygens (including phenoxy) is 1. The molecule has 0 amide bonds. The van der Waals surface area contributed by atoms with Gasteiger partial charge in [0.2, 0.25) is 0 Å². The van der Waals surface area contributed by atoms with Crippen molar-refractivity contribution >= 4 is 5.96 Å². The highest BCUT2D eigenvalue weighted by atomic mass is 16.5. The van der Waals surface area contributed by atoms with Crippen LogP contribution in [-0.2, 0) is 4.74 Å². The van der Waals surface area contributed by atoms with Gasteiger partial charge in [-0.1, -0.05) is 13.0 Å². The van der Waals surface area contributed by atoms with Crippen LogP contribution in [0.25, 0.3) is 0 Å². The molecule has 0 aromatic heterocycles. The highest BCUT2D eigenvalue weighted by molar-refractivity contribution is 5.78. The van der Waals surface area contributed by atoms with E-state index in [1.807, 2.05) is 6.08 Å². The molecule has 0 saturated carbocycles. The molecule has 4 heteroatoms. The lowest BCUT2D eigenvalue weighted by Gasteiger charge is -2.31. The van der Waals surface area contributed by atoms with Crippen LogP contribution in [0.15, 0.2) is 17.6 Å². The highest BCUT2D eigenvalue weighted by Crippen LogP contribution is 2.14. The van der Waals surface area contributed by atoms with Crippen LogP contribution in [0, 0.1) is 5.92 Å². The predicted octanol–water partition coefficient (Wildman–Crippen LogP) is 1.63. The zero-order valence-electron chi connectivity index (χ0n) is 10.9. The summed E-state index contributed by atoms with van der Waals surface area (Å²) >= 11 is 0. The summed E-state index contributed by atoms with van der Waals surface area (Å²) < 4.78 is 5.38. The number of hydrogen-bond acceptors (Lipinski definition) is 2. The average molecular weight is 239 g/mol. The van der Waals surface area contributed by atoms with E-state index in [2.05, 4.69) is 23.4 Å². The van der Waals surface area contributed by atoms with Crippen LogP contribution in [0.5, 0.6) is 0 Å². The second kappa shape index (κ2) is 8.12. The number of piperidine rings is 1. The van der Waals surface area contributed by atoms with Crippen LogP contribution < -0.4 is 5.73 Å². The Morgan fingerprint density at radius 2 is 2.41 bits per heavy atom. The number of aliphatic imine (C=N–C) groups is 1. The molecule has 4 nitrogen and oxygen atoms in total. The van der Waals surface area contributed by atoms with Gasteiger partial charge in [-0.25, -0.2) is 0 Å².